The van der Waals surface area contributed by atoms with Gasteiger partial charge in [-0.05, 0) is 48.5 Å². The molecule has 8 heteroatoms. The van der Waals surface area contributed by atoms with E-state index >= 15 is 0 Å². The van der Waals surface area contributed by atoms with E-state index in [1.54, 1.807) is 19.2 Å². The van der Waals surface area contributed by atoms with Gasteiger partial charge in [-0.2, -0.15) is 0 Å². The average Bonchev–Trinajstić information content (AvgIpc) is 2.82. The minimum atomic E-state index is -0.419. The Labute approximate surface area is 185 Å². The first-order chi connectivity index (χ1) is 15.5. The monoisotopic (exact) mass is 438 g/mol. The van der Waals surface area contributed by atoms with Crippen LogP contribution in [0.1, 0.15) is 15.9 Å². The van der Waals surface area contributed by atoms with Crippen molar-refractivity contribution in [2.45, 2.75) is 6.54 Å². The van der Waals surface area contributed by atoms with Crippen molar-refractivity contribution >= 4 is 17.5 Å². The van der Waals surface area contributed by atoms with Gasteiger partial charge in [-0.3, -0.25) is 9.59 Å². The third kappa shape index (κ3) is 5.98. The topological polar surface area (TPSA) is 85.9 Å². The van der Waals surface area contributed by atoms with E-state index < -0.39 is 11.7 Å². The number of methoxy groups -OCH3 is 2. The molecule has 0 aromatic heterocycles. The third-order valence-corrected chi connectivity index (χ3v) is 4.54. The van der Waals surface area contributed by atoms with Crippen LogP contribution >= 0.6 is 0 Å². The lowest BCUT2D eigenvalue weighted by Crippen LogP contribution is -2.23. The minimum absolute atomic E-state index is 0.285. The number of rotatable bonds is 9. The zero-order chi connectivity index (χ0) is 22.9. The van der Waals surface area contributed by atoms with E-state index in [4.69, 9.17) is 14.2 Å². The van der Waals surface area contributed by atoms with Gasteiger partial charge in [0.15, 0.2) is 18.1 Å². The van der Waals surface area contributed by atoms with Gasteiger partial charge in [0, 0.05) is 23.4 Å². The smallest absolute Gasteiger partial charge is 0.262 e. The Balaban J connectivity index is 1.59. The Kier molecular flexibility index (Phi) is 7.64. The zero-order valence-corrected chi connectivity index (χ0v) is 17.7. The second-order valence-electron chi connectivity index (χ2n) is 6.70. The molecule has 0 spiro atoms. The molecule has 2 amide bonds. The first kappa shape index (κ1) is 22.6. The average molecular weight is 438 g/mol. The summed E-state index contributed by atoms with van der Waals surface area (Å²) in [7, 11) is 3.02. The van der Waals surface area contributed by atoms with E-state index in [0.717, 1.165) is 5.56 Å². The Morgan fingerprint density at radius 3 is 2.31 bits per heavy atom. The summed E-state index contributed by atoms with van der Waals surface area (Å²) in [5, 5.41) is 5.44. The lowest BCUT2D eigenvalue weighted by atomic mass is 10.1. The molecule has 0 fully saturated rings. The van der Waals surface area contributed by atoms with Gasteiger partial charge in [0.2, 0.25) is 0 Å². The SMILES string of the molecule is COc1ccccc1CNC(=O)c1ccc(OCC(=O)Nc2ccc(F)cc2)c(OC)c1. The molecule has 3 rings (SSSR count). The van der Waals surface area contributed by atoms with Gasteiger partial charge in [-0.15, -0.1) is 0 Å². The second-order valence-corrected chi connectivity index (χ2v) is 6.70. The number of carbonyl (C=O) groups excluding carboxylic acids is 2. The van der Waals surface area contributed by atoms with Crippen LogP contribution in [0.4, 0.5) is 10.1 Å². The lowest BCUT2D eigenvalue weighted by molar-refractivity contribution is -0.118. The summed E-state index contributed by atoms with van der Waals surface area (Å²) in [6.45, 7) is 0.0139. The van der Waals surface area contributed by atoms with Crippen molar-refractivity contribution in [1.82, 2.24) is 5.32 Å². The molecular weight excluding hydrogens is 415 g/mol. The van der Waals surface area contributed by atoms with Gasteiger partial charge in [-0.1, -0.05) is 18.2 Å². The van der Waals surface area contributed by atoms with Crippen molar-refractivity contribution < 1.29 is 28.2 Å². The largest absolute Gasteiger partial charge is 0.496 e. The molecule has 0 atom stereocenters. The van der Waals surface area contributed by atoms with Gasteiger partial charge in [0.1, 0.15) is 11.6 Å². The second kappa shape index (κ2) is 10.8. The Bertz CT molecular complexity index is 1090. The molecule has 2 N–H and O–H groups in total. The van der Waals surface area contributed by atoms with Crippen LogP contribution in [0.5, 0.6) is 17.2 Å². The predicted molar refractivity (Wildman–Crippen MR) is 118 cm³/mol. The van der Waals surface area contributed by atoms with Crippen LogP contribution in [-0.2, 0) is 11.3 Å². The number of benzene rings is 3. The van der Waals surface area contributed by atoms with E-state index in [9.17, 15) is 14.0 Å². The summed E-state index contributed by atoms with van der Waals surface area (Å²) in [6.07, 6.45) is 0. The summed E-state index contributed by atoms with van der Waals surface area (Å²) in [5.41, 5.74) is 1.68. The molecule has 0 saturated carbocycles. The maximum Gasteiger partial charge on any atom is 0.262 e. The summed E-state index contributed by atoms with van der Waals surface area (Å²) in [4.78, 5) is 24.6. The fraction of sp³-hybridized carbons (Fsp3) is 0.167. The van der Waals surface area contributed by atoms with Crippen LogP contribution in [0.2, 0.25) is 0 Å². The van der Waals surface area contributed by atoms with Gasteiger partial charge in [0.25, 0.3) is 11.8 Å². The molecule has 32 heavy (non-hydrogen) atoms. The van der Waals surface area contributed by atoms with Crippen molar-refractivity contribution in [3.05, 3.63) is 83.7 Å². The highest BCUT2D eigenvalue weighted by Gasteiger charge is 2.13. The molecule has 0 heterocycles. The van der Waals surface area contributed by atoms with Crippen LogP contribution in [0.15, 0.2) is 66.7 Å². The number of amides is 2. The first-order valence-corrected chi connectivity index (χ1v) is 9.76. The molecule has 0 aliphatic carbocycles. The van der Waals surface area contributed by atoms with E-state index in [0.29, 0.717) is 35.0 Å². The number of ether oxygens (including phenoxy) is 3. The van der Waals surface area contributed by atoms with E-state index in [-0.39, 0.29) is 12.5 Å². The molecule has 7 nitrogen and oxygen atoms in total. The standard InChI is InChI=1S/C24H23FN2O5/c1-30-20-6-4-3-5-17(20)14-26-24(29)16-7-12-21(22(13-16)31-2)32-15-23(28)27-19-10-8-18(25)9-11-19/h3-13H,14-15H2,1-2H3,(H,26,29)(H,27,28). The lowest BCUT2D eigenvalue weighted by Gasteiger charge is -2.13. The summed E-state index contributed by atoms with van der Waals surface area (Å²) < 4.78 is 29.1. The predicted octanol–water partition coefficient (Wildman–Crippen LogP) is 3.79. The molecule has 3 aromatic carbocycles. The van der Waals surface area contributed by atoms with Gasteiger partial charge in [0.05, 0.1) is 14.2 Å². The molecule has 3 aromatic rings. The number of para-hydroxylation sites is 1. The quantitative estimate of drug-likeness (QED) is 0.531. The molecule has 166 valence electrons. The minimum Gasteiger partial charge on any atom is -0.496 e. The Morgan fingerprint density at radius 1 is 0.875 bits per heavy atom. The van der Waals surface area contributed by atoms with Crippen LogP contribution in [0.3, 0.4) is 0 Å². The van der Waals surface area contributed by atoms with Crippen LogP contribution in [-0.4, -0.2) is 32.6 Å². The summed E-state index contributed by atoms with van der Waals surface area (Å²) in [6, 6.07) is 17.5. The van der Waals surface area contributed by atoms with Crippen molar-refractivity contribution in [3.63, 3.8) is 0 Å². The molecule has 0 aliphatic heterocycles. The number of halogens is 1. The van der Waals surface area contributed by atoms with Crippen molar-refractivity contribution in [2.75, 3.05) is 26.1 Å². The Hall–Kier alpha value is -4.07. The number of hydrogen-bond acceptors (Lipinski definition) is 5. The van der Waals surface area contributed by atoms with Crippen LogP contribution in [0.25, 0.3) is 0 Å². The first-order valence-electron chi connectivity index (χ1n) is 9.76. The zero-order valence-electron chi connectivity index (χ0n) is 17.7. The fourth-order valence-electron chi connectivity index (χ4n) is 2.93. The molecule has 0 radical (unpaired) electrons. The Morgan fingerprint density at radius 2 is 1.59 bits per heavy atom. The van der Waals surface area contributed by atoms with Gasteiger partial charge < -0.3 is 24.8 Å². The molecule has 0 aliphatic rings. The van der Waals surface area contributed by atoms with Crippen LogP contribution < -0.4 is 24.8 Å². The highest BCUT2D eigenvalue weighted by atomic mass is 19.1. The molecule has 0 bridgehead atoms. The summed E-state index contributed by atoms with van der Waals surface area (Å²) >= 11 is 0. The number of carbonyl (C=O) groups is 2. The van der Waals surface area contributed by atoms with Crippen LogP contribution in [0, 0.1) is 5.82 Å². The third-order valence-electron chi connectivity index (χ3n) is 4.54. The van der Waals surface area contributed by atoms with Gasteiger partial charge >= 0.3 is 0 Å². The van der Waals surface area contributed by atoms with Crippen molar-refractivity contribution in [3.8, 4) is 17.2 Å². The molecular formula is C24H23FN2O5. The van der Waals surface area contributed by atoms with E-state index in [2.05, 4.69) is 10.6 Å². The van der Waals surface area contributed by atoms with Gasteiger partial charge in [-0.25, -0.2) is 4.39 Å². The van der Waals surface area contributed by atoms with E-state index in [1.165, 1.54) is 37.4 Å². The highest BCUT2D eigenvalue weighted by Crippen LogP contribution is 2.28. The maximum absolute atomic E-state index is 12.9. The number of hydrogen-bond donors (Lipinski definition) is 2. The number of anilines is 1. The van der Waals surface area contributed by atoms with Crippen molar-refractivity contribution in [2.24, 2.45) is 0 Å². The summed E-state index contributed by atoms with van der Waals surface area (Å²) in [5.74, 6) is 0.198. The fourth-order valence-corrected chi connectivity index (χ4v) is 2.93. The normalized spacial score (nSPS) is 10.2. The number of nitrogens with one attached hydrogen (secondary N) is 2. The molecule has 0 saturated heterocycles. The molecule has 0 unspecified atom stereocenters. The maximum atomic E-state index is 12.9. The highest BCUT2D eigenvalue weighted by molar-refractivity contribution is 5.95. The van der Waals surface area contributed by atoms with E-state index in [1.807, 2.05) is 24.3 Å². The van der Waals surface area contributed by atoms with Crippen molar-refractivity contribution in [1.29, 1.82) is 0 Å².